The van der Waals surface area contributed by atoms with Crippen molar-refractivity contribution in [2.75, 3.05) is 4.72 Å². The molecule has 0 radical (unpaired) electrons. The van der Waals surface area contributed by atoms with Gasteiger partial charge in [-0.3, -0.25) is 4.68 Å². The number of nitrogens with one attached hydrogen (secondary N) is 1. The molecule has 1 aromatic carbocycles. The van der Waals surface area contributed by atoms with Crippen LogP contribution in [0.2, 0.25) is 5.02 Å². The molecule has 2 heterocycles. The monoisotopic (exact) mass is 380 g/mol. The van der Waals surface area contributed by atoms with Crippen molar-refractivity contribution >= 4 is 27.6 Å². The lowest BCUT2D eigenvalue weighted by Crippen LogP contribution is -2.15. The maximum atomic E-state index is 12.5. The van der Waals surface area contributed by atoms with Crippen LogP contribution in [0.5, 0.6) is 0 Å². The maximum Gasteiger partial charge on any atom is 0.267 e. The lowest BCUT2D eigenvalue weighted by molar-refractivity contribution is 0.599. The second-order valence-corrected chi connectivity index (χ2v) is 7.52. The summed E-state index contributed by atoms with van der Waals surface area (Å²) in [5, 5.41) is 8.92. The fourth-order valence-electron chi connectivity index (χ4n) is 2.34. The van der Waals surface area contributed by atoms with E-state index in [1.54, 1.807) is 17.7 Å². The predicted octanol–water partition coefficient (Wildman–Crippen LogP) is 2.31. The van der Waals surface area contributed by atoms with Crippen LogP contribution < -0.4 is 4.72 Å². The molecule has 0 saturated carbocycles. The quantitative estimate of drug-likeness (QED) is 0.708. The third-order valence-electron chi connectivity index (χ3n) is 3.51. The van der Waals surface area contributed by atoms with Gasteiger partial charge in [0.1, 0.15) is 11.2 Å². The third-order valence-corrected chi connectivity index (χ3v) is 5.18. The molecule has 3 aromatic rings. The summed E-state index contributed by atoms with van der Waals surface area (Å²) in [5.41, 5.74) is 1.36. The molecule has 0 fully saturated rings. The number of aryl methyl sites for hydroxylation is 2. The van der Waals surface area contributed by atoms with E-state index in [0.29, 0.717) is 23.8 Å². The summed E-state index contributed by atoms with van der Waals surface area (Å²) in [7, 11) is -3.79. The van der Waals surface area contributed by atoms with Gasteiger partial charge in [0.25, 0.3) is 16.0 Å². The summed E-state index contributed by atoms with van der Waals surface area (Å²) in [6.07, 6.45) is 2.95. The van der Waals surface area contributed by atoms with E-state index >= 15 is 0 Å². The topological polar surface area (TPSA) is 94.7 Å². The second-order valence-electron chi connectivity index (χ2n) is 5.44. The van der Waals surface area contributed by atoms with Crippen molar-refractivity contribution in [1.29, 1.82) is 0 Å². The van der Waals surface area contributed by atoms with Crippen molar-refractivity contribution < 1.29 is 8.42 Å². The van der Waals surface area contributed by atoms with Gasteiger partial charge < -0.3 is 0 Å². The summed E-state index contributed by atoms with van der Waals surface area (Å²) in [6.45, 7) is 4.55. The minimum atomic E-state index is -3.79. The van der Waals surface area contributed by atoms with E-state index in [-0.39, 0.29) is 10.8 Å². The Hall–Kier alpha value is -2.39. The Labute approximate surface area is 150 Å². The second kappa shape index (κ2) is 6.85. The fourth-order valence-corrected chi connectivity index (χ4v) is 3.69. The van der Waals surface area contributed by atoms with E-state index in [4.69, 9.17) is 11.6 Å². The van der Waals surface area contributed by atoms with Crippen molar-refractivity contribution in [3.05, 3.63) is 53.1 Å². The summed E-state index contributed by atoms with van der Waals surface area (Å²) in [5.74, 6) is 0.00526. The minimum absolute atomic E-state index is 0.00526. The molecule has 0 saturated heterocycles. The highest BCUT2D eigenvalue weighted by atomic mass is 35.5. The predicted molar refractivity (Wildman–Crippen MR) is 94.0 cm³/mol. The molecule has 0 unspecified atom stereocenters. The number of sulfonamides is 1. The normalized spacial score (nSPS) is 11.6. The Kier molecular flexibility index (Phi) is 4.78. The number of benzene rings is 1. The Morgan fingerprint density at radius 1 is 1.24 bits per heavy atom. The third kappa shape index (κ3) is 3.99. The molecule has 8 nitrogen and oxygen atoms in total. The van der Waals surface area contributed by atoms with Crippen molar-refractivity contribution in [2.24, 2.45) is 0 Å². The molecule has 0 bridgehead atoms. The van der Waals surface area contributed by atoms with Gasteiger partial charge in [-0.1, -0.05) is 23.7 Å². The van der Waals surface area contributed by atoms with Crippen molar-refractivity contribution in [1.82, 2.24) is 24.5 Å². The first kappa shape index (κ1) is 17.4. The zero-order chi connectivity index (χ0) is 18.0. The smallest absolute Gasteiger partial charge is 0.267 e. The Morgan fingerprint density at radius 2 is 2.04 bits per heavy atom. The van der Waals surface area contributed by atoms with Gasteiger partial charge in [0.05, 0.1) is 12.2 Å². The standard InChI is InChI=1S/C15H17ClN6O2S/c1-3-21-9-14(11(2)18-21)25(23,24)20-15-17-10-22(19-15)8-12-5-4-6-13(16)7-12/h4-7,9-10H,3,8H2,1-2H3,(H,19,20). The van der Waals surface area contributed by atoms with Gasteiger partial charge in [-0.2, -0.15) is 10.1 Å². The highest BCUT2D eigenvalue weighted by Gasteiger charge is 2.21. The minimum Gasteiger partial charge on any atom is -0.271 e. The first-order chi connectivity index (χ1) is 11.9. The Bertz CT molecular complexity index is 995. The van der Waals surface area contributed by atoms with Crippen LogP contribution in [0.3, 0.4) is 0 Å². The highest BCUT2D eigenvalue weighted by Crippen LogP contribution is 2.17. The zero-order valence-corrected chi connectivity index (χ0v) is 15.3. The van der Waals surface area contributed by atoms with Gasteiger partial charge >= 0.3 is 0 Å². The number of nitrogens with zero attached hydrogens (tertiary/aromatic N) is 5. The molecule has 0 aliphatic rings. The molecule has 132 valence electrons. The maximum absolute atomic E-state index is 12.5. The van der Waals surface area contributed by atoms with Gasteiger partial charge in [-0.25, -0.2) is 17.8 Å². The zero-order valence-electron chi connectivity index (χ0n) is 13.7. The highest BCUT2D eigenvalue weighted by molar-refractivity contribution is 7.92. The van der Waals surface area contributed by atoms with Crippen LogP contribution in [0.1, 0.15) is 18.2 Å². The molecule has 0 atom stereocenters. The summed E-state index contributed by atoms with van der Waals surface area (Å²) < 4.78 is 30.5. The molecule has 1 N–H and O–H groups in total. The number of hydrogen-bond acceptors (Lipinski definition) is 5. The number of anilines is 1. The average Bonchev–Trinajstić information content (AvgIpc) is 3.13. The van der Waals surface area contributed by atoms with Gasteiger partial charge in [0, 0.05) is 17.8 Å². The van der Waals surface area contributed by atoms with Crippen molar-refractivity contribution in [3.63, 3.8) is 0 Å². The average molecular weight is 381 g/mol. The number of hydrogen-bond donors (Lipinski definition) is 1. The van der Waals surface area contributed by atoms with E-state index in [1.165, 1.54) is 17.2 Å². The Morgan fingerprint density at radius 3 is 2.72 bits per heavy atom. The Balaban J connectivity index is 1.77. The van der Waals surface area contributed by atoms with Crippen molar-refractivity contribution in [2.45, 2.75) is 31.8 Å². The molecule has 10 heteroatoms. The van der Waals surface area contributed by atoms with E-state index < -0.39 is 10.0 Å². The molecule has 0 aliphatic carbocycles. The van der Waals surface area contributed by atoms with Crippen LogP contribution in [-0.4, -0.2) is 33.0 Å². The summed E-state index contributed by atoms with van der Waals surface area (Å²) in [4.78, 5) is 4.12. The first-order valence-corrected chi connectivity index (χ1v) is 9.44. The molecular formula is C15H17ClN6O2S. The van der Waals surface area contributed by atoms with E-state index in [0.717, 1.165) is 5.56 Å². The van der Waals surface area contributed by atoms with Crippen LogP contribution in [0.25, 0.3) is 0 Å². The molecule has 0 amide bonds. The van der Waals surface area contributed by atoms with E-state index in [2.05, 4.69) is 19.9 Å². The van der Waals surface area contributed by atoms with Gasteiger partial charge in [0.15, 0.2) is 0 Å². The van der Waals surface area contributed by atoms with Crippen LogP contribution >= 0.6 is 11.6 Å². The van der Waals surface area contributed by atoms with E-state index in [1.807, 2.05) is 25.1 Å². The van der Waals surface area contributed by atoms with Crippen LogP contribution in [0.4, 0.5) is 5.95 Å². The molecular weight excluding hydrogens is 364 g/mol. The summed E-state index contributed by atoms with van der Waals surface area (Å²) >= 11 is 5.96. The SMILES string of the molecule is CCn1cc(S(=O)(=O)Nc2ncn(Cc3cccc(Cl)c3)n2)c(C)n1. The molecule has 2 aromatic heterocycles. The van der Waals surface area contributed by atoms with Crippen LogP contribution in [0.15, 0.2) is 41.7 Å². The van der Waals surface area contributed by atoms with Crippen LogP contribution in [0, 0.1) is 6.92 Å². The molecule has 25 heavy (non-hydrogen) atoms. The van der Waals surface area contributed by atoms with Crippen LogP contribution in [-0.2, 0) is 23.1 Å². The number of aromatic nitrogens is 5. The van der Waals surface area contributed by atoms with Gasteiger partial charge in [-0.15, -0.1) is 5.10 Å². The molecule has 0 aliphatic heterocycles. The number of halogens is 1. The van der Waals surface area contributed by atoms with Crippen molar-refractivity contribution in [3.8, 4) is 0 Å². The number of rotatable bonds is 6. The van der Waals surface area contributed by atoms with E-state index in [9.17, 15) is 8.42 Å². The first-order valence-electron chi connectivity index (χ1n) is 7.58. The summed E-state index contributed by atoms with van der Waals surface area (Å²) in [6, 6.07) is 7.34. The molecule has 0 spiro atoms. The lowest BCUT2D eigenvalue weighted by atomic mass is 10.2. The van der Waals surface area contributed by atoms with Gasteiger partial charge in [0.2, 0.25) is 0 Å². The van der Waals surface area contributed by atoms with Gasteiger partial charge in [-0.05, 0) is 31.5 Å². The lowest BCUT2D eigenvalue weighted by Gasteiger charge is -2.03. The largest absolute Gasteiger partial charge is 0.271 e. The fraction of sp³-hybridized carbons (Fsp3) is 0.267. The molecule has 3 rings (SSSR count).